The minimum atomic E-state index is -0.00123. The van der Waals surface area contributed by atoms with E-state index in [-0.39, 0.29) is 11.5 Å². The third kappa shape index (κ3) is 1.76. The summed E-state index contributed by atoms with van der Waals surface area (Å²) in [5, 5.41) is 12.3. The number of para-hydroxylation sites is 1. The molecule has 0 aromatic heterocycles. The van der Waals surface area contributed by atoms with Gasteiger partial charge < -0.3 is 10.4 Å². The molecule has 0 bridgehead atoms. The molecule has 1 aliphatic heterocycles. The minimum absolute atomic E-state index is 0.00123. The maximum absolute atomic E-state index is 12.1. The summed E-state index contributed by atoms with van der Waals surface area (Å²) in [6, 6.07) is 14.1. The van der Waals surface area contributed by atoms with Crippen LogP contribution in [0.15, 0.2) is 54.2 Å². The number of allylic oxidation sites excluding steroid dienone is 1. The summed E-state index contributed by atoms with van der Waals surface area (Å²) in [5.74, 6) is 0.213. The first-order valence-electron chi connectivity index (χ1n) is 5.65. The minimum Gasteiger partial charge on any atom is -0.508 e. The number of Topliss-reactive ketones (excluding diaryl/α,β-unsaturated/α-hetero) is 1. The summed E-state index contributed by atoms with van der Waals surface area (Å²) in [5.41, 5.74) is 2.97. The predicted molar refractivity (Wildman–Crippen MR) is 70.5 cm³/mol. The van der Waals surface area contributed by atoms with Crippen molar-refractivity contribution in [3.05, 3.63) is 65.4 Å². The van der Waals surface area contributed by atoms with Crippen LogP contribution in [0.2, 0.25) is 0 Å². The molecular weight excluding hydrogens is 226 g/mol. The second-order valence-electron chi connectivity index (χ2n) is 4.15. The number of carbonyl (C=O) groups is 1. The van der Waals surface area contributed by atoms with Gasteiger partial charge in [0.25, 0.3) is 0 Å². The van der Waals surface area contributed by atoms with Crippen molar-refractivity contribution in [2.24, 2.45) is 0 Å². The second-order valence-corrected chi connectivity index (χ2v) is 4.15. The Morgan fingerprint density at radius 2 is 1.72 bits per heavy atom. The molecule has 2 aromatic carbocycles. The largest absolute Gasteiger partial charge is 0.508 e. The van der Waals surface area contributed by atoms with E-state index >= 15 is 0 Å². The lowest BCUT2D eigenvalue weighted by molar-refractivity contribution is 0.104. The Morgan fingerprint density at radius 3 is 2.44 bits per heavy atom. The third-order valence-corrected chi connectivity index (χ3v) is 2.89. The van der Waals surface area contributed by atoms with E-state index in [4.69, 9.17) is 0 Å². The summed E-state index contributed by atoms with van der Waals surface area (Å²) in [4.78, 5) is 12.1. The lowest BCUT2D eigenvalue weighted by Crippen LogP contribution is -1.99. The van der Waals surface area contributed by atoms with Gasteiger partial charge in [0.2, 0.25) is 5.78 Å². The summed E-state index contributed by atoms with van der Waals surface area (Å²) >= 11 is 0. The van der Waals surface area contributed by atoms with Gasteiger partial charge in [0.1, 0.15) is 5.75 Å². The SMILES string of the molecule is O=C1/C(=C/c2ccc(O)cc2)Nc2ccccc21. The van der Waals surface area contributed by atoms with E-state index in [2.05, 4.69) is 5.32 Å². The molecule has 0 amide bonds. The maximum atomic E-state index is 12.1. The lowest BCUT2D eigenvalue weighted by Gasteiger charge is -1.99. The molecule has 0 fully saturated rings. The number of aromatic hydroxyl groups is 1. The Morgan fingerprint density at radius 1 is 1.00 bits per heavy atom. The molecule has 2 N–H and O–H groups in total. The number of ketones is 1. The highest BCUT2D eigenvalue weighted by atomic mass is 16.3. The Bertz CT molecular complexity index is 642. The van der Waals surface area contributed by atoms with E-state index in [0.717, 1.165) is 11.3 Å². The molecule has 1 heterocycles. The van der Waals surface area contributed by atoms with Crippen molar-refractivity contribution in [3.63, 3.8) is 0 Å². The van der Waals surface area contributed by atoms with Gasteiger partial charge in [-0.25, -0.2) is 0 Å². The zero-order valence-electron chi connectivity index (χ0n) is 9.55. The number of hydrogen-bond acceptors (Lipinski definition) is 3. The number of carbonyl (C=O) groups excluding carboxylic acids is 1. The standard InChI is InChI=1S/C15H11NO2/c17-11-7-5-10(6-8-11)9-14-15(18)12-3-1-2-4-13(12)16-14/h1-9,16-17H/b14-9-. The molecule has 0 spiro atoms. The number of phenolic OH excluding ortho intramolecular Hbond substituents is 1. The number of nitrogens with one attached hydrogen (secondary N) is 1. The fourth-order valence-electron chi connectivity index (χ4n) is 1.98. The summed E-state index contributed by atoms with van der Waals surface area (Å²) in [6.07, 6.45) is 1.78. The average Bonchev–Trinajstić information content (AvgIpc) is 2.70. The smallest absolute Gasteiger partial charge is 0.211 e. The van der Waals surface area contributed by atoms with Crippen LogP contribution in [0.3, 0.4) is 0 Å². The van der Waals surface area contributed by atoms with Crippen LogP contribution >= 0.6 is 0 Å². The van der Waals surface area contributed by atoms with Crippen molar-refractivity contribution in [2.45, 2.75) is 0 Å². The van der Waals surface area contributed by atoms with E-state index < -0.39 is 0 Å². The first kappa shape index (κ1) is 10.6. The van der Waals surface area contributed by atoms with Gasteiger partial charge in [-0.15, -0.1) is 0 Å². The first-order valence-corrected chi connectivity index (χ1v) is 5.65. The molecule has 0 unspecified atom stereocenters. The summed E-state index contributed by atoms with van der Waals surface area (Å²) < 4.78 is 0. The van der Waals surface area contributed by atoms with Crippen molar-refractivity contribution in [1.29, 1.82) is 0 Å². The third-order valence-electron chi connectivity index (χ3n) is 2.89. The van der Waals surface area contributed by atoms with Gasteiger partial charge in [0, 0.05) is 11.3 Å². The van der Waals surface area contributed by atoms with Crippen molar-refractivity contribution in [2.75, 3.05) is 5.32 Å². The number of benzene rings is 2. The summed E-state index contributed by atoms with van der Waals surface area (Å²) in [7, 11) is 0. The zero-order valence-corrected chi connectivity index (χ0v) is 9.55. The van der Waals surface area contributed by atoms with E-state index in [9.17, 15) is 9.90 Å². The van der Waals surface area contributed by atoms with Gasteiger partial charge in [-0.1, -0.05) is 24.3 Å². The molecular formula is C15H11NO2. The highest BCUT2D eigenvalue weighted by Crippen LogP contribution is 2.28. The second kappa shape index (κ2) is 4.04. The average molecular weight is 237 g/mol. The van der Waals surface area contributed by atoms with Crippen LogP contribution in [0, 0.1) is 0 Å². The predicted octanol–water partition coefficient (Wildman–Crippen LogP) is 3.04. The maximum Gasteiger partial charge on any atom is 0.211 e. The lowest BCUT2D eigenvalue weighted by atomic mass is 10.1. The highest BCUT2D eigenvalue weighted by molar-refractivity contribution is 6.20. The Balaban J connectivity index is 1.97. The fraction of sp³-hybridized carbons (Fsp3) is 0. The van der Waals surface area contributed by atoms with Gasteiger partial charge in [0.05, 0.1) is 5.70 Å². The molecule has 18 heavy (non-hydrogen) atoms. The summed E-state index contributed by atoms with van der Waals surface area (Å²) in [6.45, 7) is 0. The molecule has 3 heteroatoms. The molecule has 3 rings (SSSR count). The van der Waals surface area contributed by atoms with Gasteiger partial charge in [-0.2, -0.15) is 0 Å². The Kier molecular flexibility index (Phi) is 2.38. The van der Waals surface area contributed by atoms with E-state index in [1.165, 1.54) is 0 Å². The molecule has 88 valence electrons. The van der Waals surface area contributed by atoms with E-state index in [0.29, 0.717) is 11.3 Å². The number of hydrogen-bond donors (Lipinski definition) is 2. The van der Waals surface area contributed by atoms with Gasteiger partial charge >= 0.3 is 0 Å². The van der Waals surface area contributed by atoms with E-state index in [1.54, 1.807) is 30.3 Å². The number of phenols is 1. The molecule has 1 aliphatic rings. The monoisotopic (exact) mass is 237 g/mol. The number of fused-ring (bicyclic) bond motifs is 1. The molecule has 0 radical (unpaired) electrons. The molecule has 0 atom stereocenters. The van der Waals surface area contributed by atoms with Crippen LogP contribution in [0.1, 0.15) is 15.9 Å². The Labute approximate surface area is 104 Å². The quantitative estimate of drug-likeness (QED) is 0.749. The van der Waals surface area contributed by atoms with Crippen molar-refractivity contribution < 1.29 is 9.90 Å². The molecule has 2 aromatic rings. The number of rotatable bonds is 1. The van der Waals surface area contributed by atoms with Gasteiger partial charge in [0.15, 0.2) is 0 Å². The van der Waals surface area contributed by atoms with Crippen LogP contribution in [0.5, 0.6) is 5.75 Å². The molecule has 3 nitrogen and oxygen atoms in total. The van der Waals surface area contributed by atoms with Crippen molar-refractivity contribution in [1.82, 2.24) is 0 Å². The number of anilines is 1. The van der Waals surface area contributed by atoms with Gasteiger partial charge in [-0.3, -0.25) is 4.79 Å². The first-order chi connectivity index (χ1) is 8.74. The van der Waals surface area contributed by atoms with Crippen molar-refractivity contribution in [3.8, 4) is 5.75 Å². The Hall–Kier alpha value is -2.55. The molecule has 0 aliphatic carbocycles. The normalized spacial score (nSPS) is 15.6. The van der Waals surface area contributed by atoms with Crippen LogP contribution in [0.4, 0.5) is 5.69 Å². The van der Waals surface area contributed by atoms with Crippen molar-refractivity contribution >= 4 is 17.5 Å². The highest BCUT2D eigenvalue weighted by Gasteiger charge is 2.23. The van der Waals surface area contributed by atoms with Crippen LogP contribution in [-0.4, -0.2) is 10.9 Å². The zero-order chi connectivity index (χ0) is 12.5. The fourth-order valence-corrected chi connectivity index (χ4v) is 1.98. The molecule has 0 saturated heterocycles. The van der Waals surface area contributed by atoms with Crippen LogP contribution < -0.4 is 5.32 Å². The molecule has 0 saturated carbocycles. The van der Waals surface area contributed by atoms with Gasteiger partial charge in [-0.05, 0) is 35.9 Å². The van der Waals surface area contributed by atoms with Crippen LogP contribution in [-0.2, 0) is 0 Å². The topological polar surface area (TPSA) is 49.3 Å². The van der Waals surface area contributed by atoms with E-state index in [1.807, 2.05) is 24.3 Å². The van der Waals surface area contributed by atoms with Crippen LogP contribution in [0.25, 0.3) is 6.08 Å².